The first-order valence-corrected chi connectivity index (χ1v) is 9.25. The minimum Gasteiger partial charge on any atom is -0.382 e. The van der Waals surface area contributed by atoms with Crippen molar-refractivity contribution in [3.63, 3.8) is 0 Å². The third-order valence-corrected chi connectivity index (χ3v) is 4.76. The molecule has 7 nitrogen and oxygen atoms in total. The van der Waals surface area contributed by atoms with Gasteiger partial charge in [0.15, 0.2) is 0 Å². The van der Waals surface area contributed by atoms with Gasteiger partial charge < -0.3 is 19.7 Å². The van der Waals surface area contributed by atoms with Gasteiger partial charge in [-0.3, -0.25) is 14.9 Å². The molecule has 7 heteroatoms. The Bertz CT molecular complexity index is 650. The molecule has 0 spiro atoms. The lowest BCUT2D eigenvalue weighted by Gasteiger charge is -2.15. The van der Waals surface area contributed by atoms with E-state index in [1.165, 1.54) is 19.5 Å². The number of ether oxygens (including phenoxy) is 2. The molecule has 1 saturated heterocycles. The van der Waals surface area contributed by atoms with E-state index in [2.05, 4.69) is 22.5 Å². The highest BCUT2D eigenvalue weighted by atomic mass is 16.5. The highest BCUT2D eigenvalue weighted by molar-refractivity contribution is 6.23. The van der Waals surface area contributed by atoms with E-state index < -0.39 is 0 Å². The summed E-state index contributed by atoms with van der Waals surface area (Å²) in [4.78, 5) is 25.9. The average molecular weight is 361 g/mol. The van der Waals surface area contributed by atoms with Crippen molar-refractivity contribution in [3.8, 4) is 0 Å². The zero-order valence-electron chi connectivity index (χ0n) is 15.3. The van der Waals surface area contributed by atoms with Crippen LogP contribution in [0.3, 0.4) is 0 Å². The Morgan fingerprint density at radius 1 is 1.15 bits per heavy atom. The second-order valence-corrected chi connectivity index (χ2v) is 6.86. The molecule has 1 fully saturated rings. The van der Waals surface area contributed by atoms with Crippen LogP contribution in [-0.2, 0) is 9.47 Å². The van der Waals surface area contributed by atoms with Crippen LogP contribution in [0.5, 0.6) is 0 Å². The van der Waals surface area contributed by atoms with Crippen LogP contribution in [-0.4, -0.2) is 69.3 Å². The maximum Gasteiger partial charge on any atom is 0.261 e. The number of nitrogens with zero attached hydrogens (tertiary/aromatic N) is 1. The topological polar surface area (TPSA) is 79.9 Å². The number of anilines is 1. The van der Waals surface area contributed by atoms with E-state index in [9.17, 15) is 9.59 Å². The fourth-order valence-electron chi connectivity index (χ4n) is 3.37. The Hall–Kier alpha value is -1.96. The number of likely N-dealkylation sites (tertiary alicyclic amines) is 1. The van der Waals surface area contributed by atoms with Crippen molar-refractivity contribution >= 4 is 17.5 Å². The largest absolute Gasteiger partial charge is 0.382 e. The molecule has 0 aliphatic carbocycles. The van der Waals surface area contributed by atoms with Crippen molar-refractivity contribution in [2.45, 2.75) is 13.3 Å². The van der Waals surface area contributed by atoms with Gasteiger partial charge in [-0.1, -0.05) is 13.0 Å². The molecule has 26 heavy (non-hydrogen) atoms. The Morgan fingerprint density at radius 3 is 2.73 bits per heavy atom. The van der Waals surface area contributed by atoms with Crippen molar-refractivity contribution < 1.29 is 19.1 Å². The quantitative estimate of drug-likeness (QED) is 0.484. The van der Waals surface area contributed by atoms with Gasteiger partial charge in [0.25, 0.3) is 11.8 Å². The van der Waals surface area contributed by atoms with E-state index in [1.54, 1.807) is 18.2 Å². The van der Waals surface area contributed by atoms with Crippen LogP contribution < -0.4 is 10.6 Å². The summed E-state index contributed by atoms with van der Waals surface area (Å²) < 4.78 is 11.1. The molecule has 2 N–H and O–H groups in total. The molecule has 142 valence electrons. The molecule has 1 aromatic rings. The normalized spacial score (nSPS) is 19.7. The van der Waals surface area contributed by atoms with Crippen LogP contribution in [0, 0.1) is 5.92 Å². The Balaban J connectivity index is 1.25. The van der Waals surface area contributed by atoms with E-state index >= 15 is 0 Å². The summed E-state index contributed by atoms with van der Waals surface area (Å²) in [5, 5.41) is 5.46. The van der Waals surface area contributed by atoms with Crippen molar-refractivity contribution in [2.24, 2.45) is 5.92 Å². The minimum atomic E-state index is -0.352. The number of amides is 2. The molecule has 0 saturated carbocycles. The number of hydrogen-bond donors (Lipinski definition) is 2. The van der Waals surface area contributed by atoms with Crippen molar-refractivity contribution in [2.75, 3.05) is 57.9 Å². The average Bonchev–Trinajstić information content (AvgIpc) is 3.17. The highest BCUT2D eigenvalue weighted by Crippen LogP contribution is 2.23. The fourth-order valence-corrected chi connectivity index (χ4v) is 3.37. The van der Waals surface area contributed by atoms with Crippen molar-refractivity contribution in [1.29, 1.82) is 0 Å². The van der Waals surface area contributed by atoms with Crippen molar-refractivity contribution in [3.05, 3.63) is 29.3 Å². The van der Waals surface area contributed by atoms with Gasteiger partial charge in [0.05, 0.1) is 37.6 Å². The van der Waals surface area contributed by atoms with Crippen LogP contribution >= 0.6 is 0 Å². The molecule has 0 bridgehead atoms. The van der Waals surface area contributed by atoms with Gasteiger partial charge >= 0.3 is 0 Å². The molecule has 1 aromatic carbocycles. The summed E-state index contributed by atoms with van der Waals surface area (Å²) in [6, 6.07) is 5.20. The number of imide groups is 1. The van der Waals surface area contributed by atoms with Crippen LogP contribution in [0.15, 0.2) is 18.2 Å². The number of carbonyl (C=O) groups excluding carboxylic acids is 2. The van der Waals surface area contributed by atoms with Gasteiger partial charge in [0.2, 0.25) is 0 Å². The standard InChI is InChI=1S/C19H27N3O4/c1-14-5-7-22(13-14)8-10-26-12-11-25-9-6-20-16-4-2-3-15-17(16)19(24)21-18(15)23/h2-4,14,20H,5-13H2,1H3,(H,21,23,24). The predicted octanol–water partition coefficient (Wildman–Crippen LogP) is 1.36. The molecule has 2 aliphatic heterocycles. The summed E-state index contributed by atoms with van der Waals surface area (Å²) in [7, 11) is 0. The number of fused-ring (bicyclic) bond motifs is 1. The van der Waals surface area contributed by atoms with E-state index in [0.29, 0.717) is 43.2 Å². The molecular weight excluding hydrogens is 334 g/mol. The molecule has 0 aromatic heterocycles. The van der Waals surface area contributed by atoms with E-state index in [0.717, 1.165) is 19.1 Å². The summed E-state index contributed by atoms with van der Waals surface area (Å²) in [6.45, 7) is 8.58. The minimum absolute atomic E-state index is 0.342. The first-order valence-electron chi connectivity index (χ1n) is 9.25. The predicted molar refractivity (Wildman–Crippen MR) is 98.6 cm³/mol. The first kappa shape index (κ1) is 18.8. The Labute approximate surface area is 154 Å². The number of benzene rings is 1. The maximum atomic E-state index is 11.8. The first-order chi connectivity index (χ1) is 12.6. The number of nitrogens with one attached hydrogen (secondary N) is 2. The van der Waals surface area contributed by atoms with Crippen molar-refractivity contribution in [1.82, 2.24) is 10.2 Å². The van der Waals surface area contributed by atoms with E-state index in [-0.39, 0.29) is 11.8 Å². The highest BCUT2D eigenvalue weighted by Gasteiger charge is 2.28. The number of rotatable bonds is 10. The van der Waals surface area contributed by atoms with Crippen LogP contribution in [0.1, 0.15) is 34.1 Å². The van der Waals surface area contributed by atoms with Gasteiger partial charge in [-0.15, -0.1) is 0 Å². The Kier molecular flexibility index (Phi) is 6.60. The second-order valence-electron chi connectivity index (χ2n) is 6.86. The lowest BCUT2D eigenvalue weighted by atomic mass is 10.1. The lowest BCUT2D eigenvalue weighted by molar-refractivity contribution is 0.0438. The smallest absolute Gasteiger partial charge is 0.261 e. The lowest BCUT2D eigenvalue weighted by Crippen LogP contribution is -2.25. The molecular formula is C19H27N3O4. The van der Waals surface area contributed by atoms with Gasteiger partial charge in [-0.25, -0.2) is 0 Å². The monoisotopic (exact) mass is 361 g/mol. The molecule has 2 heterocycles. The number of hydrogen-bond acceptors (Lipinski definition) is 6. The Morgan fingerprint density at radius 2 is 1.96 bits per heavy atom. The molecule has 1 unspecified atom stereocenters. The third kappa shape index (κ3) is 4.81. The molecule has 2 amide bonds. The van der Waals surface area contributed by atoms with Crippen LogP contribution in [0.25, 0.3) is 0 Å². The molecule has 1 atom stereocenters. The van der Waals surface area contributed by atoms with Gasteiger partial charge in [-0.2, -0.15) is 0 Å². The van der Waals surface area contributed by atoms with Gasteiger partial charge in [-0.05, 0) is 31.0 Å². The second kappa shape index (κ2) is 9.12. The van der Waals surface area contributed by atoms with Crippen LogP contribution in [0.4, 0.5) is 5.69 Å². The fraction of sp³-hybridized carbons (Fsp3) is 0.579. The van der Waals surface area contributed by atoms with Gasteiger partial charge in [0, 0.05) is 25.3 Å². The van der Waals surface area contributed by atoms with E-state index in [1.807, 2.05) is 0 Å². The zero-order valence-corrected chi connectivity index (χ0v) is 15.3. The van der Waals surface area contributed by atoms with Crippen LogP contribution in [0.2, 0.25) is 0 Å². The number of carbonyl (C=O) groups is 2. The molecule has 3 rings (SSSR count). The van der Waals surface area contributed by atoms with Gasteiger partial charge in [0.1, 0.15) is 0 Å². The third-order valence-electron chi connectivity index (χ3n) is 4.76. The SMILES string of the molecule is CC1CCN(CCOCCOCCNc2cccc3c2C(=O)NC3=O)C1. The summed E-state index contributed by atoms with van der Waals surface area (Å²) in [5.74, 6) is 0.112. The molecule has 2 aliphatic rings. The summed E-state index contributed by atoms with van der Waals surface area (Å²) in [5.41, 5.74) is 1.49. The summed E-state index contributed by atoms with van der Waals surface area (Å²) in [6.07, 6.45) is 1.29. The maximum absolute atomic E-state index is 11.8. The zero-order chi connectivity index (χ0) is 18.4. The summed E-state index contributed by atoms with van der Waals surface area (Å²) >= 11 is 0. The van der Waals surface area contributed by atoms with E-state index in [4.69, 9.17) is 9.47 Å². The molecule has 0 radical (unpaired) electrons.